The largest absolute Gasteiger partial charge is 0.305 e. The lowest BCUT2D eigenvalue weighted by atomic mass is 9.92. The first-order chi connectivity index (χ1) is 11.9. The molecular weight excluding hydrogens is 314 g/mol. The summed E-state index contributed by atoms with van der Waals surface area (Å²) in [5.41, 5.74) is 2.18. The van der Waals surface area contributed by atoms with Gasteiger partial charge in [0.2, 0.25) is 0 Å². The van der Waals surface area contributed by atoms with E-state index in [-0.39, 0.29) is 17.0 Å². The van der Waals surface area contributed by atoms with Crippen molar-refractivity contribution >= 4 is 11.7 Å². The number of anilines is 1. The van der Waals surface area contributed by atoms with Crippen molar-refractivity contribution < 1.29 is 4.79 Å². The number of aromatic nitrogens is 4. The number of amides is 1. The lowest BCUT2D eigenvalue weighted by molar-refractivity contribution is 0.102. The summed E-state index contributed by atoms with van der Waals surface area (Å²) in [5, 5.41) is 7.59. The smallest absolute Gasteiger partial charge is 0.277 e. The van der Waals surface area contributed by atoms with E-state index in [0.717, 1.165) is 11.3 Å². The fraction of sp³-hybridized carbons (Fsp3) is 0.263. The lowest BCUT2D eigenvalue weighted by Gasteiger charge is -2.14. The van der Waals surface area contributed by atoms with Crippen LogP contribution < -0.4 is 5.32 Å². The average Bonchev–Trinajstić information content (AvgIpc) is 2.99. The van der Waals surface area contributed by atoms with E-state index < -0.39 is 0 Å². The first kappa shape index (κ1) is 16.8. The Hall–Kier alpha value is -3.02. The molecular formula is C19H21N5O. The molecule has 0 aliphatic rings. The third-order valence-corrected chi connectivity index (χ3v) is 3.76. The number of nitrogens with one attached hydrogen (secondary N) is 1. The van der Waals surface area contributed by atoms with E-state index in [0.29, 0.717) is 12.4 Å². The maximum atomic E-state index is 12.4. The molecule has 0 radical (unpaired) electrons. The van der Waals surface area contributed by atoms with Crippen LogP contribution in [0.1, 0.15) is 42.5 Å². The van der Waals surface area contributed by atoms with Gasteiger partial charge < -0.3 is 5.32 Å². The van der Waals surface area contributed by atoms with Gasteiger partial charge in [0, 0.05) is 23.9 Å². The molecule has 0 unspecified atom stereocenters. The number of hydrogen-bond acceptors (Lipinski definition) is 4. The Morgan fingerprint density at radius 1 is 1.16 bits per heavy atom. The Bertz CT molecular complexity index is 851. The summed E-state index contributed by atoms with van der Waals surface area (Å²) in [6, 6.07) is 11.9. The molecule has 3 aromatic rings. The van der Waals surface area contributed by atoms with Crippen LogP contribution in [0.15, 0.2) is 55.0 Å². The Morgan fingerprint density at radius 2 is 1.92 bits per heavy atom. The second-order valence-corrected chi connectivity index (χ2v) is 6.85. The Balaban J connectivity index is 1.91. The van der Waals surface area contributed by atoms with Crippen LogP contribution in [-0.2, 0) is 12.0 Å². The third kappa shape index (κ3) is 4.09. The van der Waals surface area contributed by atoms with E-state index in [1.54, 1.807) is 0 Å². The molecule has 2 aromatic heterocycles. The van der Waals surface area contributed by atoms with Gasteiger partial charge in [-0.2, -0.15) is 5.10 Å². The molecule has 0 bridgehead atoms. The molecule has 1 aromatic carbocycles. The molecule has 3 rings (SSSR count). The molecule has 1 amide bonds. The highest BCUT2D eigenvalue weighted by Gasteiger charge is 2.21. The lowest BCUT2D eigenvalue weighted by Crippen LogP contribution is -2.17. The number of carbonyl (C=O) groups is 1. The van der Waals surface area contributed by atoms with Gasteiger partial charge in [0.25, 0.3) is 5.91 Å². The predicted molar refractivity (Wildman–Crippen MR) is 96.5 cm³/mol. The molecule has 0 saturated heterocycles. The number of carbonyl (C=O) groups excluding carboxylic acids is 1. The van der Waals surface area contributed by atoms with Crippen molar-refractivity contribution in [2.75, 3.05) is 5.32 Å². The van der Waals surface area contributed by atoms with E-state index in [2.05, 4.69) is 41.2 Å². The molecule has 0 fully saturated rings. The summed E-state index contributed by atoms with van der Waals surface area (Å²) in [5.74, 6) is 0.340. The van der Waals surface area contributed by atoms with Crippen LogP contribution in [0.3, 0.4) is 0 Å². The quantitative estimate of drug-likeness (QED) is 0.794. The van der Waals surface area contributed by atoms with Gasteiger partial charge in [0.1, 0.15) is 11.5 Å². The van der Waals surface area contributed by atoms with E-state index in [4.69, 9.17) is 0 Å². The van der Waals surface area contributed by atoms with Gasteiger partial charge in [-0.1, -0.05) is 51.1 Å². The maximum Gasteiger partial charge on any atom is 0.277 e. The molecule has 6 heteroatoms. The normalized spacial score (nSPS) is 11.3. The molecule has 2 heterocycles. The molecule has 6 nitrogen and oxygen atoms in total. The minimum atomic E-state index is -0.303. The van der Waals surface area contributed by atoms with Crippen LogP contribution in [0.2, 0.25) is 0 Å². The van der Waals surface area contributed by atoms with Crippen LogP contribution >= 0.6 is 0 Å². The minimum Gasteiger partial charge on any atom is -0.305 e. The number of hydrogen-bond donors (Lipinski definition) is 1. The van der Waals surface area contributed by atoms with Crippen molar-refractivity contribution in [3.63, 3.8) is 0 Å². The van der Waals surface area contributed by atoms with Gasteiger partial charge in [0.15, 0.2) is 0 Å². The van der Waals surface area contributed by atoms with Crippen molar-refractivity contribution in [1.29, 1.82) is 0 Å². The zero-order valence-corrected chi connectivity index (χ0v) is 14.6. The van der Waals surface area contributed by atoms with Crippen molar-refractivity contribution in [3.05, 3.63) is 71.9 Å². The van der Waals surface area contributed by atoms with Gasteiger partial charge in [-0.25, -0.2) is 9.67 Å². The van der Waals surface area contributed by atoms with Crippen LogP contribution in [0.4, 0.5) is 5.82 Å². The van der Waals surface area contributed by atoms with E-state index in [9.17, 15) is 4.79 Å². The SMILES string of the molecule is CC(C)(C)c1cc(NC(=O)c2cnccn2)n(Cc2ccccc2)n1. The highest BCUT2D eigenvalue weighted by Crippen LogP contribution is 2.25. The van der Waals surface area contributed by atoms with Gasteiger partial charge >= 0.3 is 0 Å². The topological polar surface area (TPSA) is 72.7 Å². The summed E-state index contributed by atoms with van der Waals surface area (Å²) in [6.45, 7) is 6.86. The first-order valence-electron chi connectivity index (χ1n) is 8.13. The summed E-state index contributed by atoms with van der Waals surface area (Å²) in [7, 11) is 0. The number of nitrogens with zero attached hydrogens (tertiary/aromatic N) is 4. The summed E-state index contributed by atoms with van der Waals surface area (Å²) in [6.07, 6.45) is 4.48. The van der Waals surface area contributed by atoms with E-state index in [1.165, 1.54) is 18.6 Å². The molecule has 128 valence electrons. The molecule has 0 atom stereocenters. The van der Waals surface area contributed by atoms with Gasteiger partial charge in [-0.3, -0.25) is 9.78 Å². The van der Waals surface area contributed by atoms with Crippen LogP contribution in [0.25, 0.3) is 0 Å². The van der Waals surface area contributed by atoms with Crippen molar-refractivity contribution in [3.8, 4) is 0 Å². The van der Waals surface area contributed by atoms with Crippen LogP contribution in [-0.4, -0.2) is 25.7 Å². The first-order valence-corrected chi connectivity index (χ1v) is 8.13. The highest BCUT2D eigenvalue weighted by molar-refractivity contribution is 6.02. The van der Waals surface area contributed by atoms with Crippen molar-refractivity contribution in [1.82, 2.24) is 19.7 Å². The van der Waals surface area contributed by atoms with Gasteiger partial charge in [-0.15, -0.1) is 0 Å². The Kier molecular flexibility index (Phi) is 4.61. The number of benzene rings is 1. The zero-order valence-electron chi connectivity index (χ0n) is 14.6. The summed E-state index contributed by atoms with van der Waals surface area (Å²) in [4.78, 5) is 20.4. The fourth-order valence-electron chi connectivity index (χ4n) is 2.36. The summed E-state index contributed by atoms with van der Waals surface area (Å²) < 4.78 is 1.81. The second-order valence-electron chi connectivity index (χ2n) is 6.85. The van der Waals surface area contributed by atoms with Crippen molar-refractivity contribution in [2.45, 2.75) is 32.7 Å². The Labute approximate surface area is 146 Å². The van der Waals surface area contributed by atoms with Gasteiger partial charge in [0.05, 0.1) is 18.4 Å². The van der Waals surface area contributed by atoms with E-state index in [1.807, 2.05) is 41.1 Å². The molecule has 0 aliphatic heterocycles. The predicted octanol–water partition coefficient (Wildman–Crippen LogP) is 3.27. The van der Waals surface area contributed by atoms with E-state index >= 15 is 0 Å². The molecule has 25 heavy (non-hydrogen) atoms. The van der Waals surface area contributed by atoms with Crippen LogP contribution in [0, 0.1) is 0 Å². The standard InChI is InChI=1S/C19H21N5O/c1-19(2,3)16-11-17(22-18(25)15-12-20-9-10-21-15)24(23-16)13-14-7-5-4-6-8-14/h4-12H,13H2,1-3H3,(H,22,25). The number of rotatable bonds is 4. The highest BCUT2D eigenvalue weighted by atomic mass is 16.2. The maximum absolute atomic E-state index is 12.4. The molecule has 0 saturated carbocycles. The minimum absolute atomic E-state index is 0.117. The van der Waals surface area contributed by atoms with Crippen LogP contribution in [0.5, 0.6) is 0 Å². The zero-order chi connectivity index (χ0) is 17.9. The second kappa shape index (κ2) is 6.84. The fourth-order valence-corrected chi connectivity index (χ4v) is 2.36. The van der Waals surface area contributed by atoms with Gasteiger partial charge in [-0.05, 0) is 5.56 Å². The summed E-state index contributed by atoms with van der Waals surface area (Å²) >= 11 is 0. The third-order valence-electron chi connectivity index (χ3n) is 3.76. The molecule has 1 N–H and O–H groups in total. The molecule has 0 aliphatic carbocycles. The molecule has 0 spiro atoms. The Morgan fingerprint density at radius 3 is 2.56 bits per heavy atom. The average molecular weight is 335 g/mol. The monoisotopic (exact) mass is 335 g/mol. The van der Waals surface area contributed by atoms with Crippen molar-refractivity contribution in [2.24, 2.45) is 0 Å².